The molecule has 2 aliphatic carbocycles. The Morgan fingerprint density at radius 2 is 1.54 bits per heavy atom. The zero-order valence-corrected chi connectivity index (χ0v) is 17.9. The van der Waals surface area contributed by atoms with Crippen LogP contribution >= 0.6 is 15.9 Å². The van der Waals surface area contributed by atoms with Gasteiger partial charge in [-0.3, -0.25) is 0 Å². The fourth-order valence-electron chi connectivity index (χ4n) is 5.15. The number of ether oxygens (including phenoxy) is 1. The van der Waals surface area contributed by atoms with E-state index in [0.717, 1.165) is 36.0 Å². The standard InChI is InChI=1S/C24H35BrO/c1-2-26-24-15-9-20(10-16-24)4-3-19-5-11-22(12-6-19)23-13-7-21(8-14-23)17-18-25/h9-10,15-19,21-23H,2-8,11-14H2,1H3/b18-17+. The van der Waals surface area contributed by atoms with E-state index in [1.165, 1.54) is 69.8 Å². The van der Waals surface area contributed by atoms with Crippen LogP contribution in [0.2, 0.25) is 0 Å². The summed E-state index contributed by atoms with van der Waals surface area (Å²) in [6.45, 7) is 2.79. The Balaban J connectivity index is 1.36. The molecule has 0 bridgehead atoms. The van der Waals surface area contributed by atoms with E-state index in [9.17, 15) is 0 Å². The molecule has 0 aliphatic heterocycles. The minimum Gasteiger partial charge on any atom is -0.494 e. The van der Waals surface area contributed by atoms with Crippen LogP contribution in [0.5, 0.6) is 5.75 Å². The number of hydrogen-bond acceptors (Lipinski definition) is 1. The third kappa shape index (κ3) is 5.87. The molecule has 1 aromatic rings. The van der Waals surface area contributed by atoms with Gasteiger partial charge in [-0.15, -0.1) is 0 Å². The fourth-order valence-corrected chi connectivity index (χ4v) is 5.58. The summed E-state index contributed by atoms with van der Waals surface area (Å²) in [5.41, 5.74) is 1.47. The summed E-state index contributed by atoms with van der Waals surface area (Å²) < 4.78 is 5.54. The minimum atomic E-state index is 0.747. The molecule has 2 saturated carbocycles. The minimum absolute atomic E-state index is 0.747. The summed E-state index contributed by atoms with van der Waals surface area (Å²) in [4.78, 5) is 2.06. The molecule has 2 fully saturated rings. The lowest BCUT2D eigenvalue weighted by atomic mass is 9.68. The maximum absolute atomic E-state index is 5.54. The number of benzene rings is 1. The highest BCUT2D eigenvalue weighted by atomic mass is 79.9. The Hall–Kier alpha value is -0.760. The van der Waals surface area contributed by atoms with Gasteiger partial charge in [-0.1, -0.05) is 47.0 Å². The first-order chi connectivity index (χ1) is 12.8. The van der Waals surface area contributed by atoms with Crippen LogP contribution in [0.3, 0.4) is 0 Å². The van der Waals surface area contributed by atoms with Gasteiger partial charge in [0.1, 0.15) is 5.75 Å². The summed E-state index contributed by atoms with van der Waals surface area (Å²) in [6.07, 6.45) is 16.6. The molecule has 0 saturated heterocycles. The molecule has 2 aliphatic rings. The van der Waals surface area contributed by atoms with E-state index in [4.69, 9.17) is 4.74 Å². The largest absolute Gasteiger partial charge is 0.494 e. The number of aryl methyl sites for hydroxylation is 1. The highest BCUT2D eigenvalue weighted by Gasteiger charge is 2.30. The molecule has 0 unspecified atom stereocenters. The average molecular weight is 419 g/mol. The summed E-state index contributed by atoms with van der Waals surface area (Å²) in [5.74, 6) is 4.81. The second kappa shape index (κ2) is 10.5. The Kier molecular flexibility index (Phi) is 8.10. The first-order valence-corrected chi connectivity index (χ1v) is 11.7. The maximum Gasteiger partial charge on any atom is 0.119 e. The van der Waals surface area contributed by atoms with E-state index in [1.54, 1.807) is 0 Å². The zero-order valence-electron chi connectivity index (χ0n) is 16.3. The fraction of sp³-hybridized carbons (Fsp3) is 0.667. The molecule has 2 heteroatoms. The van der Waals surface area contributed by atoms with Gasteiger partial charge in [0.15, 0.2) is 0 Å². The van der Waals surface area contributed by atoms with Gasteiger partial charge in [0.25, 0.3) is 0 Å². The Morgan fingerprint density at radius 1 is 0.923 bits per heavy atom. The molecule has 26 heavy (non-hydrogen) atoms. The third-order valence-corrected chi connectivity index (χ3v) is 7.10. The van der Waals surface area contributed by atoms with Crippen LogP contribution in [0.15, 0.2) is 35.3 Å². The molecule has 1 nitrogen and oxygen atoms in total. The van der Waals surface area contributed by atoms with Crippen LogP contribution in [0.1, 0.15) is 70.3 Å². The number of allylic oxidation sites excluding steroid dienone is 1. The first kappa shape index (κ1) is 20.0. The van der Waals surface area contributed by atoms with Crippen molar-refractivity contribution in [1.29, 1.82) is 0 Å². The van der Waals surface area contributed by atoms with Gasteiger partial charge in [0, 0.05) is 0 Å². The van der Waals surface area contributed by atoms with Gasteiger partial charge < -0.3 is 4.74 Å². The predicted molar refractivity (Wildman–Crippen MR) is 115 cm³/mol. The molecule has 0 N–H and O–H groups in total. The van der Waals surface area contributed by atoms with Crippen molar-refractivity contribution in [2.45, 2.75) is 71.1 Å². The van der Waals surface area contributed by atoms with E-state index >= 15 is 0 Å². The zero-order chi connectivity index (χ0) is 18.2. The van der Waals surface area contributed by atoms with Crippen LogP contribution in [-0.2, 0) is 6.42 Å². The van der Waals surface area contributed by atoms with E-state index in [-0.39, 0.29) is 0 Å². The van der Waals surface area contributed by atoms with Crippen LogP contribution < -0.4 is 4.74 Å². The topological polar surface area (TPSA) is 9.23 Å². The summed E-state index contributed by atoms with van der Waals surface area (Å²) in [7, 11) is 0. The maximum atomic E-state index is 5.54. The summed E-state index contributed by atoms with van der Waals surface area (Å²) >= 11 is 3.44. The van der Waals surface area contributed by atoms with Crippen molar-refractivity contribution in [1.82, 2.24) is 0 Å². The monoisotopic (exact) mass is 418 g/mol. The smallest absolute Gasteiger partial charge is 0.119 e. The van der Waals surface area contributed by atoms with E-state index in [2.05, 4.69) is 51.3 Å². The lowest BCUT2D eigenvalue weighted by Gasteiger charge is -2.37. The van der Waals surface area contributed by atoms with Crippen molar-refractivity contribution in [3.05, 3.63) is 40.9 Å². The summed E-state index contributed by atoms with van der Waals surface area (Å²) in [5, 5.41) is 0. The van der Waals surface area contributed by atoms with Crippen molar-refractivity contribution in [2.75, 3.05) is 6.61 Å². The quantitative estimate of drug-likeness (QED) is 0.444. The van der Waals surface area contributed by atoms with Crippen LogP contribution in [0.25, 0.3) is 0 Å². The third-order valence-electron chi connectivity index (χ3n) is 6.80. The molecule has 0 aromatic heterocycles. The van der Waals surface area contributed by atoms with Gasteiger partial charge in [0.05, 0.1) is 6.61 Å². The highest BCUT2D eigenvalue weighted by Crippen LogP contribution is 2.42. The molecule has 3 rings (SSSR count). The molecule has 0 radical (unpaired) electrons. The van der Waals surface area contributed by atoms with Crippen molar-refractivity contribution in [3.8, 4) is 5.75 Å². The van der Waals surface area contributed by atoms with Crippen molar-refractivity contribution in [3.63, 3.8) is 0 Å². The van der Waals surface area contributed by atoms with Gasteiger partial charge in [-0.25, -0.2) is 0 Å². The van der Waals surface area contributed by atoms with Gasteiger partial charge in [0.2, 0.25) is 0 Å². The summed E-state index contributed by atoms with van der Waals surface area (Å²) in [6, 6.07) is 8.74. The van der Waals surface area contributed by atoms with Gasteiger partial charge in [-0.05, 0) is 105 Å². The predicted octanol–water partition coefficient (Wildman–Crippen LogP) is 7.54. The molecule has 1 aromatic carbocycles. The lowest BCUT2D eigenvalue weighted by Crippen LogP contribution is -2.25. The molecule has 0 heterocycles. The van der Waals surface area contributed by atoms with Crippen LogP contribution in [0, 0.1) is 23.7 Å². The lowest BCUT2D eigenvalue weighted by molar-refractivity contribution is 0.153. The molecular formula is C24H35BrO. The molecule has 0 amide bonds. The van der Waals surface area contributed by atoms with Crippen LogP contribution in [0.4, 0.5) is 0 Å². The van der Waals surface area contributed by atoms with Crippen molar-refractivity contribution in [2.24, 2.45) is 23.7 Å². The Bertz CT molecular complexity index is 534. The number of rotatable bonds is 7. The molecular weight excluding hydrogens is 384 g/mol. The van der Waals surface area contributed by atoms with Crippen molar-refractivity contribution < 1.29 is 4.74 Å². The normalized spacial score (nSPS) is 29.8. The SMILES string of the molecule is CCOc1ccc(CCC2CCC(C3CCC(/C=C/Br)CC3)CC2)cc1. The Labute approximate surface area is 168 Å². The van der Waals surface area contributed by atoms with Gasteiger partial charge in [-0.2, -0.15) is 0 Å². The molecule has 144 valence electrons. The Morgan fingerprint density at radius 3 is 2.12 bits per heavy atom. The van der Waals surface area contributed by atoms with E-state index in [0.29, 0.717) is 0 Å². The highest BCUT2D eigenvalue weighted by molar-refractivity contribution is 9.11. The second-order valence-corrected chi connectivity index (χ2v) is 8.92. The van der Waals surface area contributed by atoms with Crippen molar-refractivity contribution >= 4 is 15.9 Å². The average Bonchev–Trinajstić information content (AvgIpc) is 2.69. The van der Waals surface area contributed by atoms with E-state index < -0.39 is 0 Å². The molecule has 0 spiro atoms. The number of halogens is 1. The molecule has 0 atom stereocenters. The van der Waals surface area contributed by atoms with E-state index in [1.807, 2.05) is 6.92 Å². The van der Waals surface area contributed by atoms with Gasteiger partial charge >= 0.3 is 0 Å². The number of hydrogen-bond donors (Lipinski definition) is 0. The first-order valence-electron chi connectivity index (χ1n) is 10.8. The second-order valence-electron chi connectivity index (χ2n) is 8.39. The van der Waals surface area contributed by atoms with Crippen LogP contribution in [-0.4, -0.2) is 6.61 Å².